The molecule has 8 nitrogen and oxygen atoms in total. The summed E-state index contributed by atoms with van der Waals surface area (Å²) in [5.74, 6) is 0.528. The van der Waals surface area contributed by atoms with Gasteiger partial charge in [-0.15, -0.1) is 0 Å². The first-order valence-corrected chi connectivity index (χ1v) is 10.2. The van der Waals surface area contributed by atoms with E-state index >= 15 is 0 Å². The lowest BCUT2D eigenvalue weighted by molar-refractivity contribution is 0.0187. The number of carbonyl (C=O) groups excluding carboxylic acids is 1. The molecule has 0 atom stereocenters. The number of nitrogens with zero attached hydrogens (tertiary/aromatic N) is 4. The molecule has 1 aromatic carbocycles. The molecule has 1 amide bonds. The second-order valence-corrected chi connectivity index (χ2v) is 8.25. The second-order valence-electron chi connectivity index (χ2n) is 8.25. The number of fused-ring (bicyclic) bond motifs is 1. The highest BCUT2D eigenvalue weighted by Gasteiger charge is 2.40. The fourth-order valence-corrected chi connectivity index (χ4v) is 4.30. The normalized spacial score (nSPS) is 18.2. The molecule has 0 radical (unpaired) electrons. The van der Waals surface area contributed by atoms with Gasteiger partial charge >= 0.3 is 0 Å². The molecule has 0 unspecified atom stereocenters. The fourth-order valence-electron chi connectivity index (χ4n) is 4.30. The number of carbonyl (C=O) groups is 1. The molecule has 1 aliphatic heterocycles. The Bertz CT molecular complexity index is 1130. The van der Waals surface area contributed by atoms with Crippen molar-refractivity contribution in [3.8, 4) is 11.3 Å². The number of rotatable bonds is 3. The molecule has 154 valence electrons. The summed E-state index contributed by atoms with van der Waals surface area (Å²) < 4.78 is 5.85. The zero-order chi connectivity index (χ0) is 20.7. The molecule has 5 rings (SSSR count). The zero-order valence-electron chi connectivity index (χ0n) is 16.7. The van der Waals surface area contributed by atoms with E-state index in [4.69, 9.17) is 26.2 Å². The summed E-state index contributed by atoms with van der Waals surface area (Å²) in [6.45, 7) is 3.05. The lowest BCUT2D eigenvalue weighted by Crippen LogP contribution is -2.44. The predicted molar refractivity (Wildman–Crippen MR) is 115 cm³/mol. The van der Waals surface area contributed by atoms with Gasteiger partial charge < -0.3 is 21.1 Å². The van der Waals surface area contributed by atoms with Crippen LogP contribution in [0.15, 0.2) is 36.4 Å². The first-order chi connectivity index (χ1) is 14.5. The van der Waals surface area contributed by atoms with E-state index in [2.05, 4.69) is 9.88 Å². The lowest BCUT2D eigenvalue weighted by Gasteiger charge is -2.42. The first kappa shape index (κ1) is 18.7. The Balaban J connectivity index is 1.54. The van der Waals surface area contributed by atoms with Gasteiger partial charge in [0.1, 0.15) is 5.82 Å². The van der Waals surface area contributed by atoms with Crippen LogP contribution in [0.3, 0.4) is 0 Å². The Morgan fingerprint density at radius 1 is 1.13 bits per heavy atom. The number of benzene rings is 1. The smallest absolute Gasteiger partial charge is 0.248 e. The van der Waals surface area contributed by atoms with E-state index < -0.39 is 5.91 Å². The third-order valence-electron chi connectivity index (χ3n) is 6.16. The standard InChI is InChI=1S/C22H24N6O2/c23-18-16-5-6-17(14-3-1-4-15(11-14)19(24)29)25-20(16)27-21(26-18)28-9-10-30-13-22(12-28)7-2-8-22/h1,3-6,11H,2,7-10,12-13H2,(H2,24,29)(H2,23,25,26,27). The summed E-state index contributed by atoms with van der Waals surface area (Å²) in [5.41, 5.74) is 14.3. The van der Waals surface area contributed by atoms with Crippen LogP contribution in [0.4, 0.5) is 11.8 Å². The fraction of sp³-hybridized carbons (Fsp3) is 0.364. The SMILES string of the molecule is NC(=O)c1cccc(-c2ccc3c(N)nc(N4CCOCC5(CCC5)C4)nc3n2)c1. The number of amides is 1. The minimum atomic E-state index is -0.472. The van der Waals surface area contributed by atoms with Crippen molar-refractivity contribution in [1.29, 1.82) is 0 Å². The minimum Gasteiger partial charge on any atom is -0.383 e. The number of anilines is 2. The minimum absolute atomic E-state index is 0.202. The molecule has 1 spiro atoms. The Morgan fingerprint density at radius 3 is 2.77 bits per heavy atom. The van der Waals surface area contributed by atoms with Crippen LogP contribution in [-0.2, 0) is 4.74 Å². The van der Waals surface area contributed by atoms with Crippen molar-refractivity contribution in [2.24, 2.45) is 11.1 Å². The number of aromatic nitrogens is 3. The molecule has 1 saturated carbocycles. The molecule has 1 saturated heterocycles. The van der Waals surface area contributed by atoms with E-state index in [1.54, 1.807) is 18.2 Å². The van der Waals surface area contributed by atoms with Gasteiger partial charge in [0.25, 0.3) is 0 Å². The molecule has 4 N–H and O–H groups in total. The third-order valence-corrected chi connectivity index (χ3v) is 6.16. The van der Waals surface area contributed by atoms with E-state index in [1.807, 2.05) is 18.2 Å². The molecule has 2 aromatic heterocycles. The van der Waals surface area contributed by atoms with Crippen molar-refractivity contribution >= 4 is 28.7 Å². The molecular weight excluding hydrogens is 380 g/mol. The monoisotopic (exact) mass is 404 g/mol. The maximum absolute atomic E-state index is 11.5. The van der Waals surface area contributed by atoms with Crippen molar-refractivity contribution in [3.05, 3.63) is 42.0 Å². The Morgan fingerprint density at radius 2 is 2.00 bits per heavy atom. The van der Waals surface area contributed by atoms with E-state index in [9.17, 15) is 4.79 Å². The quantitative estimate of drug-likeness (QED) is 0.687. The van der Waals surface area contributed by atoms with Gasteiger partial charge in [0.2, 0.25) is 11.9 Å². The predicted octanol–water partition coefficient (Wildman–Crippen LogP) is 2.38. The maximum Gasteiger partial charge on any atom is 0.248 e. The number of pyridine rings is 1. The van der Waals surface area contributed by atoms with Crippen LogP contribution in [0.2, 0.25) is 0 Å². The number of hydrogen-bond acceptors (Lipinski definition) is 7. The highest BCUT2D eigenvalue weighted by Crippen LogP contribution is 2.43. The summed E-state index contributed by atoms with van der Waals surface area (Å²) in [7, 11) is 0. The zero-order valence-corrected chi connectivity index (χ0v) is 16.7. The summed E-state index contributed by atoms with van der Waals surface area (Å²) >= 11 is 0. The molecule has 3 heterocycles. The topological polar surface area (TPSA) is 120 Å². The highest BCUT2D eigenvalue weighted by atomic mass is 16.5. The second kappa shape index (κ2) is 7.21. The van der Waals surface area contributed by atoms with E-state index in [1.165, 1.54) is 19.3 Å². The maximum atomic E-state index is 11.5. The van der Waals surface area contributed by atoms with E-state index in [-0.39, 0.29) is 5.41 Å². The van der Waals surface area contributed by atoms with Gasteiger partial charge in [-0.1, -0.05) is 18.6 Å². The van der Waals surface area contributed by atoms with Crippen LogP contribution in [0.25, 0.3) is 22.3 Å². The average Bonchev–Trinajstić information content (AvgIpc) is 2.97. The van der Waals surface area contributed by atoms with Gasteiger partial charge in [-0.25, -0.2) is 4.98 Å². The van der Waals surface area contributed by atoms with Crippen LogP contribution >= 0.6 is 0 Å². The first-order valence-electron chi connectivity index (χ1n) is 10.2. The van der Waals surface area contributed by atoms with Gasteiger partial charge in [-0.2, -0.15) is 9.97 Å². The number of ether oxygens (including phenoxy) is 1. The van der Waals surface area contributed by atoms with E-state index in [0.717, 1.165) is 25.3 Å². The summed E-state index contributed by atoms with van der Waals surface area (Å²) in [4.78, 5) is 27.7. The molecule has 0 bridgehead atoms. The summed E-state index contributed by atoms with van der Waals surface area (Å²) in [6.07, 6.45) is 3.59. The van der Waals surface area contributed by atoms with Crippen molar-refractivity contribution in [1.82, 2.24) is 15.0 Å². The van der Waals surface area contributed by atoms with Gasteiger partial charge in [0.15, 0.2) is 5.65 Å². The Hall–Kier alpha value is -3.26. The number of nitrogens with two attached hydrogens (primary N) is 2. The molecule has 30 heavy (non-hydrogen) atoms. The third kappa shape index (κ3) is 3.33. The van der Waals surface area contributed by atoms with Crippen molar-refractivity contribution in [3.63, 3.8) is 0 Å². The van der Waals surface area contributed by atoms with Crippen LogP contribution in [0.5, 0.6) is 0 Å². The molecule has 1 aliphatic carbocycles. The van der Waals surface area contributed by atoms with Crippen LogP contribution in [0.1, 0.15) is 29.6 Å². The van der Waals surface area contributed by atoms with Crippen LogP contribution in [-0.4, -0.2) is 47.2 Å². The van der Waals surface area contributed by atoms with Gasteiger partial charge in [-0.05, 0) is 37.1 Å². The largest absolute Gasteiger partial charge is 0.383 e. The average molecular weight is 404 g/mol. The van der Waals surface area contributed by atoms with Gasteiger partial charge in [-0.3, -0.25) is 4.79 Å². The molecule has 2 aliphatic rings. The van der Waals surface area contributed by atoms with Crippen molar-refractivity contribution in [2.75, 3.05) is 36.9 Å². The summed E-state index contributed by atoms with van der Waals surface area (Å²) in [6, 6.07) is 10.8. The molecule has 2 fully saturated rings. The Kier molecular flexibility index (Phi) is 4.51. The lowest BCUT2D eigenvalue weighted by atomic mass is 9.69. The van der Waals surface area contributed by atoms with Crippen molar-refractivity contribution in [2.45, 2.75) is 19.3 Å². The van der Waals surface area contributed by atoms with Crippen LogP contribution < -0.4 is 16.4 Å². The summed E-state index contributed by atoms with van der Waals surface area (Å²) in [5, 5.41) is 0.706. The van der Waals surface area contributed by atoms with Gasteiger partial charge in [0.05, 0.1) is 24.3 Å². The Labute approximate surface area is 174 Å². The molecule has 3 aromatic rings. The van der Waals surface area contributed by atoms with E-state index in [0.29, 0.717) is 40.7 Å². The number of primary amides is 1. The molecule has 8 heteroatoms. The van der Waals surface area contributed by atoms with Gasteiger partial charge in [0, 0.05) is 29.6 Å². The molecular formula is C22H24N6O2. The van der Waals surface area contributed by atoms with Crippen LogP contribution in [0, 0.1) is 5.41 Å². The number of nitrogen functional groups attached to an aromatic ring is 1. The highest BCUT2D eigenvalue weighted by molar-refractivity contribution is 5.94. The van der Waals surface area contributed by atoms with Crippen molar-refractivity contribution < 1.29 is 9.53 Å². The number of hydrogen-bond donors (Lipinski definition) is 2.